The summed E-state index contributed by atoms with van der Waals surface area (Å²) in [4.78, 5) is 20.7. The zero-order valence-corrected chi connectivity index (χ0v) is 10.2. The van der Waals surface area contributed by atoms with E-state index in [1.807, 2.05) is 0 Å². The van der Waals surface area contributed by atoms with Gasteiger partial charge in [0.15, 0.2) is 0 Å². The van der Waals surface area contributed by atoms with Gasteiger partial charge in [0.05, 0.1) is 9.85 Å². The number of nitro groups is 2. The summed E-state index contributed by atoms with van der Waals surface area (Å²) in [7, 11) is 0. The molecule has 0 aliphatic carbocycles. The van der Waals surface area contributed by atoms with Gasteiger partial charge in [-0.25, -0.2) is 0 Å². The van der Waals surface area contributed by atoms with E-state index < -0.39 is 9.85 Å². The van der Waals surface area contributed by atoms with Crippen LogP contribution in [0.1, 0.15) is 11.1 Å². The predicted molar refractivity (Wildman–Crippen MR) is 70.7 cm³/mol. The zero-order chi connectivity index (χ0) is 14.7. The summed E-state index contributed by atoms with van der Waals surface area (Å²) in [6.07, 6.45) is -0.0832. The molecule has 1 N–H and O–H groups in total. The van der Waals surface area contributed by atoms with E-state index in [0.29, 0.717) is 5.56 Å². The smallest absolute Gasteiger partial charge is 0.279 e. The van der Waals surface area contributed by atoms with Crippen LogP contribution in [0.2, 0.25) is 0 Å². The number of para-hydroxylation sites is 1. The highest BCUT2D eigenvalue weighted by molar-refractivity contribution is 5.56. The molecule has 20 heavy (non-hydrogen) atoms. The first-order valence-corrected chi connectivity index (χ1v) is 5.68. The largest absolute Gasteiger partial charge is 0.508 e. The third kappa shape index (κ3) is 2.56. The summed E-state index contributed by atoms with van der Waals surface area (Å²) in [6.45, 7) is 0. The molecule has 0 aliphatic rings. The van der Waals surface area contributed by atoms with Gasteiger partial charge in [0, 0.05) is 18.6 Å². The fourth-order valence-electron chi connectivity index (χ4n) is 1.94. The maximum absolute atomic E-state index is 11.0. The van der Waals surface area contributed by atoms with Crippen molar-refractivity contribution in [2.75, 3.05) is 0 Å². The van der Waals surface area contributed by atoms with Crippen molar-refractivity contribution in [2.45, 2.75) is 6.42 Å². The van der Waals surface area contributed by atoms with Crippen LogP contribution in [0.5, 0.6) is 5.75 Å². The first kappa shape index (κ1) is 13.5. The summed E-state index contributed by atoms with van der Waals surface area (Å²) < 4.78 is 0. The lowest BCUT2D eigenvalue weighted by atomic mass is 10.0. The van der Waals surface area contributed by atoms with E-state index in [-0.39, 0.29) is 29.1 Å². The highest BCUT2D eigenvalue weighted by Crippen LogP contribution is 2.32. The second kappa shape index (κ2) is 5.35. The lowest BCUT2D eigenvalue weighted by molar-refractivity contribution is -0.395. The van der Waals surface area contributed by atoms with Gasteiger partial charge in [-0.05, 0) is 17.7 Å². The number of benzene rings is 2. The van der Waals surface area contributed by atoms with Crippen LogP contribution in [0.4, 0.5) is 11.4 Å². The topological polar surface area (TPSA) is 107 Å². The van der Waals surface area contributed by atoms with Crippen molar-refractivity contribution in [3.8, 4) is 5.75 Å². The van der Waals surface area contributed by atoms with Gasteiger partial charge < -0.3 is 5.11 Å². The summed E-state index contributed by atoms with van der Waals surface area (Å²) in [5.41, 5.74) is -0.293. The Morgan fingerprint density at radius 3 is 1.95 bits per heavy atom. The molecule has 2 rings (SSSR count). The minimum Gasteiger partial charge on any atom is -0.508 e. The third-order valence-electron chi connectivity index (χ3n) is 2.88. The van der Waals surface area contributed by atoms with E-state index in [9.17, 15) is 25.3 Å². The van der Waals surface area contributed by atoms with Gasteiger partial charge in [-0.2, -0.15) is 0 Å². The average Bonchev–Trinajstić information content (AvgIpc) is 2.41. The summed E-state index contributed by atoms with van der Waals surface area (Å²) >= 11 is 0. The Hall–Kier alpha value is -2.96. The predicted octanol–water partition coefficient (Wildman–Crippen LogP) is 2.80. The fourth-order valence-corrected chi connectivity index (χ4v) is 1.94. The Morgan fingerprint density at radius 1 is 0.900 bits per heavy atom. The molecule has 0 saturated carbocycles. The van der Waals surface area contributed by atoms with E-state index in [1.54, 1.807) is 18.2 Å². The van der Waals surface area contributed by atoms with Crippen LogP contribution >= 0.6 is 0 Å². The van der Waals surface area contributed by atoms with E-state index in [4.69, 9.17) is 0 Å². The van der Waals surface area contributed by atoms with Gasteiger partial charge in [0.25, 0.3) is 11.4 Å². The molecule has 7 nitrogen and oxygen atoms in total. The second-order valence-corrected chi connectivity index (χ2v) is 4.09. The Labute approximate surface area is 113 Å². The van der Waals surface area contributed by atoms with Gasteiger partial charge in [0.2, 0.25) is 0 Å². The normalized spacial score (nSPS) is 10.2. The van der Waals surface area contributed by atoms with Crippen molar-refractivity contribution in [1.29, 1.82) is 0 Å². The summed E-state index contributed by atoms with van der Waals surface area (Å²) in [5.74, 6) is -0.0556. The van der Waals surface area contributed by atoms with Crippen molar-refractivity contribution < 1.29 is 15.0 Å². The summed E-state index contributed by atoms with van der Waals surface area (Å²) in [5, 5.41) is 31.7. The van der Waals surface area contributed by atoms with Crippen molar-refractivity contribution in [3.05, 3.63) is 73.8 Å². The molecule has 0 unspecified atom stereocenters. The lowest BCUT2D eigenvalue weighted by Gasteiger charge is -2.06. The van der Waals surface area contributed by atoms with E-state index >= 15 is 0 Å². The minimum atomic E-state index is -0.664. The van der Waals surface area contributed by atoms with Crippen LogP contribution in [-0.4, -0.2) is 15.0 Å². The number of nitro benzene ring substituents is 2. The van der Waals surface area contributed by atoms with Gasteiger partial charge in [0.1, 0.15) is 11.3 Å². The number of rotatable bonds is 4. The molecule has 7 heteroatoms. The Balaban J connectivity index is 2.57. The molecule has 102 valence electrons. The Kier molecular flexibility index (Phi) is 3.60. The molecule has 0 aliphatic heterocycles. The van der Waals surface area contributed by atoms with Gasteiger partial charge in [-0.15, -0.1) is 0 Å². The number of phenols is 1. The second-order valence-electron chi connectivity index (χ2n) is 4.09. The van der Waals surface area contributed by atoms with Gasteiger partial charge >= 0.3 is 0 Å². The quantitative estimate of drug-likeness (QED) is 0.681. The van der Waals surface area contributed by atoms with Crippen LogP contribution < -0.4 is 0 Å². The fraction of sp³-hybridized carbons (Fsp3) is 0.0769. The van der Waals surface area contributed by atoms with E-state index in [2.05, 4.69) is 0 Å². The maximum Gasteiger partial charge on any atom is 0.279 e. The number of hydrogen-bond acceptors (Lipinski definition) is 5. The van der Waals surface area contributed by atoms with Crippen LogP contribution in [0.25, 0.3) is 0 Å². The standard InChI is InChI=1S/C13H10N2O5/c16-13-7-2-1-4-9(13)8-10-11(14(17)18)5-3-6-12(10)15(19)20/h1-7,16H,8H2. The molecule has 2 aromatic rings. The minimum absolute atomic E-state index is 0.0241. The zero-order valence-electron chi connectivity index (χ0n) is 10.2. The van der Waals surface area contributed by atoms with E-state index in [1.165, 1.54) is 24.3 Å². The molecule has 0 saturated heterocycles. The SMILES string of the molecule is O=[N+]([O-])c1cccc([N+](=O)[O-])c1Cc1ccccc1O. The van der Waals surface area contributed by atoms with Crippen molar-refractivity contribution >= 4 is 11.4 Å². The van der Waals surface area contributed by atoms with Gasteiger partial charge in [-0.1, -0.05) is 18.2 Å². The number of nitrogens with zero attached hydrogens (tertiary/aromatic N) is 2. The molecule has 0 radical (unpaired) electrons. The molecule has 0 bridgehead atoms. The van der Waals surface area contributed by atoms with Crippen LogP contribution in [-0.2, 0) is 6.42 Å². The summed E-state index contributed by atoms with van der Waals surface area (Å²) in [6, 6.07) is 9.93. The third-order valence-corrected chi connectivity index (χ3v) is 2.88. The van der Waals surface area contributed by atoms with Crippen molar-refractivity contribution in [3.63, 3.8) is 0 Å². The average molecular weight is 274 g/mol. The molecule has 0 heterocycles. The van der Waals surface area contributed by atoms with Crippen LogP contribution in [0, 0.1) is 20.2 Å². The first-order valence-electron chi connectivity index (χ1n) is 5.68. The maximum atomic E-state index is 11.0. The molecule has 2 aromatic carbocycles. The molecule has 0 spiro atoms. The Morgan fingerprint density at radius 2 is 1.45 bits per heavy atom. The van der Waals surface area contributed by atoms with Crippen LogP contribution in [0.15, 0.2) is 42.5 Å². The van der Waals surface area contributed by atoms with Crippen molar-refractivity contribution in [1.82, 2.24) is 0 Å². The number of phenolic OH excluding ortho intramolecular Hbond substituents is 1. The molecule has 0 aromatic heterocycles. The van der Waals surface area contributed by atoms with Gasteiger partial charge in [-0.3, -0.25) is 20.2 Å². The molecule has 0 fully saturated rings. The monoisotopic (exact) mass is 274 g/mol. The van der Waals surface area contributed by atoms with E-state index in [0.717, 1.165) is 0 Å². The first-order chi connectivity index (χ1) is 9.50. The molecule has 0 amide bonds. The highest BCUT2D eigenvalue weighted by Gasteiger charge is 2.25. The molecular formula is C13H10N2O5. The van der Waals surface area contributed by atoms with Crippen molar-refractivity contribution in [2.24, 2.45) is 0 Å². The highest BCUT2D eigenvalue weighted by atomic mass is 16.6. The molecular weight excluding hydrogens is 264 g/mol. The number of aromatic hydroxyl groups is 1. The lowest BCUT2D eigenvalue weighted by Crippen LogP contribution is -2.02. The van der Waals surface area contributed by atoms with Crippen LogP contribution in [0.3, 0.4) is 0 Å². The number of hydrogen-bond donors (Lipinski definition) is 1. The molecule has 0 atom stereocenters. The Bertz CT molecular complexity index is 652.